The zero-order valence-electron chi connectivity index (χ0n) is 23.8. The first-order chi connectivity index (χ1) is 18.2. The quantitative estimate of drug-likeness (QED) is 0.240. The van der Waals surface area contributed by atoms with E-state index >= 15 is 0 Å². The number of hydrogen-bond donors (Lipinski definition) is 0. The van der Waals surface area contributed by atoms with E-state index in [2.05, 4.69) is 48.1 Å². The zero-order chi connectivity index (χ0) is 25.7. The van der Waals surface area contributed by atoms with Crippen LogP contribution in [0.2, 0.25) is 0 Å². The molecule has 0 atom stereocenters. The fourth-order valence-electron chi connectivity index (χ4n) is 6.59. The standard InChI is InChI=1S/C34H52N2O/c1-3-5-7-9-28-14-17-30(18-15-28)26-37-33-22-20-32(21-23-33)34-35-24-31(25-36-34)19-16-29-12-10-27(11-13-29)8-6-4-2/h20-25,27-30H,3-19,26H2,1-2H3/t27-,28?,29-,30?. The average molecular weight is 505 g/mol. The van der Waals surface area contributed by atoms with Crippen LogP contribution in [0.1, 0.15) is 122 Å². The van der Waals surface area contributed by atoms with Gasteiger partial charge in [-0.1, -0.05) is 97.3 Å². The van der Waals surface area contributed by atoms with Crippen LogP contribution in [0.15, 0.2) is 36.7 Å². The van der Waals surface area contributed by atoms with Crippen LogP contribution >= 0.6 is 0 Å². The molecule has 1 aromatic carbocycles. The molecule has 37 heavy (non-hydrogen) atoms. The van der Waals surface area contributed by atoms with Gasteiger partial charge in [-0.3, -0.25) is 0 Å². The fourth-order valence-corrected chi connectivity index (χ4v) is 6.59. The van der Waals surface area contributed by atoms with Gasteiger partial charge < -0.3 is 4.74 Å². The summed E-state index contributed by atoms with van der Waals surface area (Å²) in [6, 6.07) is 8.37. The lowest BCUT2D eigenvalue weighted by Gasteiger charge is -2.28. The average Bonchev–Trinajstić information content (AvgIpc) is 2.96. The van der Waals surface area contributed by atoms with E-state index in [0.29, 0.717) is 5.92 Å². The minimum absolute atomic E-state index is 0.717. The molecule has 204 valence electrons. The Morgan fingerprint density at radius 1 is 0.649 bits per heavy atom. The molecular formula is C34H52N2O. The molecule has 2 fully saturated rings. The highest BCUT2D eigenvalue weighted by atomic mass is 16.5. The molecule has 0 radical (unpaired) electrons. The Balaban J connectivity index is 1.15. The lowest BCUT2D eigenvalue weighted by molar-refractivity contribution is 0.177. The van der Waals surface area contributed by atoms with Crippen LogP contribution in [0.4, 0.5) is 0 Å². The number of ether oxygens (including phenoxy) is 1. The second kappa shape index (κ2) is 15.5. The van der Waals surface area contributed by atoms with Gasteiger partial charge in [0.05, 0.1) is 6.61 Å². The summed E-state index contributed by atoms with van der Waals surface area (Å²) in [6.07, 6.45) is 27.4. The van der Waals surface area contributed by atoms with Gasteiger partial charge >= 0.3 is 0 Å². The molecule has 2 saturated carbocycles. The van der Waals surface area contributed by atoms with Crippen molar-refractivity contribution in [2.45, 2.75) is 123 Å². The minimum Gasteiger partial charge on any atom is -0.493 e. The Bertz CT molecular complexity index is 862. The summed E-state index contributed by atoms with van der Waals surface area (Å²) in [4.78, 5) is 9.38. The third kappa shape index (κ3) is 9.41. The Labute approximate surface area is 227 Å². The first-order valence-electron chi connectivity index (χ1n) is 15.8. The van der Waals surface area contributed by atoms with Crippen molar-refractivity contribution in [2.75, 3.05) is 6.61 Å². The molecule has 2 aliphatic carbocycles. The Hall–Kier alpha value is -1.90. The fraction of sp³-hybridized carbons (Fsp3) is 0.706. The number of aromatic nitrogens is 2. The van der Waals surface area contributed by atoms with Crippen molar-refractivity contribution >= 4 is 0 Å². The van der Waals surface area contributed by atoms with Crippen LogP contribution in [-0.4, -0.2) is 16.6 Å². The van der Waals surface area contributed by atoms with Crippen molar-refractivity contribution in [1.82, 2.24) is 9.97 Å². The maximum atomic E-state index is 6.16. The molecule has 1 heterocycles. The van der Waals surface area contributed by atoms with E-state index in [1.807, 2.05) is 12.4 Å². The highest BCUT2D eigenvalue weighted by molar-refractivity contribution is 5.55. The van der Waals surface area contributed by atoms with Gasteiger partial charge in [-0.25, -0.2) is 9.97 Å². The van der Waals surface area contributed by atoms with E-state index in [9.17, 15) is 0 Å². The predicted octanol–water partition coefficient (Wildman–Crippen LogP) is 9.84. The summed E-state index contributed by atoms with van der Waals surface area (Å²) >= 11 is 0. The van der Waals surface area contributed by atoms with Gasteiger partial charge in [0.1, 0.15) is 5.75 Å². The summed E-state index contributed by atoms with van der Waals surface area (Å²) in [5.74, 6) is 5.35. The Morgan fingerprint density at radius 3 is 1.78 bits per heavy atom. The van der Waals surface area contributed by atoms with Gasteiger partial charge in [-0.15, -0.1) is 0 Å². The van der Waals surface area contributed by atoms with E-state index in [1.165, 1.54) is 108 Å². The van der Waals surface area contributed by atoms with Crippen LogP contribution in [0.25, 0.3) is 11.4 Å². The van der Waals surface area contributed by atoms with Gasteiger partial charge in [0, 0.05) is 18.0 Å². The molecule has 2 aliphatic rings. The molecule has 1 aromatic heterocycles. The second-order valence-electron chi connectivity index (χ2n) is 12.2. The van der Waals surface area contributed by atoms with E-state index in [4.69, 9.17) is 4.74 Å². The van der Waals surface area contributed by atoms with Crippen LogP contribution in [-0.2, 0) is 6.42 Å². The van der Waals surface area contributed by atoms with Gasteiger partial charge in [-0.2, -0.15) is 0 Å². The number of benzene rings is 1. The first-order valence-corrected chi connectivity index (χ1v) is 15.8. The normalized spacial score (nSPS) is 24.2. The molecule has 3 heteroatoms. The van der Waals surface area contributed by atoms with E-state index in [-0.39, 0.29) is 0 Å². The van der Waals surface area contributed by atoms with Crippen molar-refractivity contribution in [2.24, 2.45) is 23.7 Å². The molecule has 3 nitrogen and oxygen atoms in total. The topological polar surface area (TPSA) is 35.0 Å². The predicted molar refractivity (Wildman–Crippen MR) is 156 cm³/mol. The highest BCUT2D eigenvalue weighted by Crippen LogP contribution is 2.34. The molecule has 0 aliphatic heterocycles. The maximum Gasteiger partial charge on any atom is 0.159 e. The Morgan fingerprint density at radius 2 is 1.19 bits per heavy atom. The molecule has 0 N–H and O–H groups in total. The SMILES string of the molecule is CCCCCC1CCC(COc2ccc(-c3ncc(CC[C@H]4CC[C@H](CCCC)CC4)cn3)cc2)CC1. The number of aryl methyl sites for hydroxylation is 1. The van der Waals surface area contributed by atoms with Crippen LogP contribution in [0.3, 0.4) is 0 Å². The summed E-state index contributed by atoms with van der Waals surface area (Å²) in [6.45, 7) is 5.46. The third-order valence-corrected chi connectivity index (χ3v) is 9.26. The van der Waals surface area contributed by atoms with Crippen molar-refractivity contribution in [3.05, 3.63) is 42.2 Å². The molecule has 0 amide bonds. The van der Waals surface area contributed by atoms with Crippen molar-refractivity contribution < 1.29 is 4.74 Å². The summed E-state index contributed by atoms with van der Waals surface area (Å²) in [7, 11) is 0. The van der Waals surface area contributed by atoms with Crippen LogP contribution < -0.4 is 4.74 Å². The summed E-state index contributed by atoms with van der Waals surface area (Å²) in [5.41, 5.74) is 2.34. The lowest BCUT2D eigenvalue weighted by Crippen LogP contribution is -2.20. The van der Waals surface area contributed by atoms with Crippen LogP contribution in [0.5, 0.6) is 5.75 Å². The van der Waals surface area contributed by atoms with Gasteiger partial charge in [0.2, 0.25) is 0 Å². The van der Waals surface area contributed by atoms with E-state index in [0.717, 1.165) is 47.9 Å². The van der Waals surface area contributed by atoms with E-state index < -0.39 is 0 Å². The number of unbranched alkanes of at least 4 members (excludes halogenated alkanes) is 3. The molecule has 4 rings (SSSR count). The molecule has 0 bridgehead atoms. The molecular weight excluding hydrogens is 452 g/mol. The minimum atomic E-state index is 0.717. The lowest BCUT2D eigenvalue weighted by atomic mass is 9.78. The Kier molecular flexibility index (Phi) is 11.8. The largest absolute Gasteiger partial charge is 0.493 e. The van der Waals surface area contributed by atoms with Crippen molar-refractivity contribution in [3.8, 4) is 17.1 Å². The monoisotopic (exact) mass is 504 g/mol. The number of rotatable bonds is 14. The molecule has 0 saturated heterocycles. The molecule has 0 spiro atoms. The van der Waals surface area contributed by atoms with E-state index in [1.54, 1.807) is 0 Å². The van der Waals surface area contributed by atoms with Crippen LogP contribution in [0, 0.1) is 23.7 Å². The summed E-state index contributed by atoms with van der Waals surface area (Å²) < 4.78 is 6.16. The second-order valence-corrected chi connectivity index (χ2v) is 12.2. The van der Waals surface area contributed by atoms with Crippen molar-refractivity contribution in [1.29, 1.82) is 0 Å². The molecule has 0 unspecified atom stereocenters. The maximum absolute atomic E-state index is 6.16. The first kappa shape index (κ1) is 28.1. The van der Waals surface area contributed by atoms with Gasteiger partial charge in [-0.05, 0) is 79.2 Å². The molecule has 2 aromatic rings. The zero-order valence-corrected chi connectivity index (χ0v) is 23.8. The number of nitrogens with zero attached hydrogens (tertiary/aromatic N) is 2. The highest BCUT2D eigenvalue weighted by Gasteiger charge is 2.22. The number of hydrogen-bond acceptors (Lipinski definition) is 3. The smallest absolute Gasteiger partial charge is 0.159 e. The summed E-state index contributed by atoms with van der Waals surface area (Å²) in [5, 5.41) is 0. The van der Waals surface area contributed by atoms with Gasteiger partial charge in [0.25, 0.3) is 0 Å². The third-order valence-electron chi connectivity index (χ3n) is 9.26. The van der Waals surface area contributed by atoms with Crippen molar-refractivity contribution in [3.63, 3.8) is 0 Å². The van der Waals surface area contributed by atoms with Gasteiger partial charge in [0.15, 0.2) is 5.82 Å².